The van der Waals surface area contributed by atoms with E-state index in [9.17, 15) is 17.6 Å². The fourth-order valence-corrected chi connectivity index (χ4v) is 3.53. The van der Waals surface area contributed by atoms with Crippen molar-refractivity contribution in [2.45, 2.75) is 23.8 Å². The van der Waals surface area contributed by atoms with Gasteiger partial charge >= 0.3 is 0 Å². The molecule has 0 aliphatic carbocycles. The second kappa shape index (κ2) is 10.0. The van der Waals surface area contributed by atoms with E-state index >= 15 is 0 Å². The van der Waals surface area contributed by atoms with Crippen LogP contribution in [-0.2, 0) is 21.2 Å². The molecule has 1 atom stereocenters. The van der Waals surface area contributed by atoms with Crippen molar-refractivity contribution in [1.82, 2.24) is 10.2 Å². The van der Waals surface area contributed by atoms with Crippen molar-refractivity contribution in [2.75, 3.05) is 13.3 Å². The predicted molar refractivity (Wildman–Crippen MR) is 96.7 cm³/mol. The Morgan fingerprint density at radius 3 is 2.37 bits per heavy atom. The van der Waals surface area contributed by atoms with Crippen LogP contribution in [0.25, 0.3) is 0 Å². The molecule has 1 amide bonds. The van der Waals surface area contributed by atoms with Gasteiger partial charge in [-0.05, 0) is 36.2 Å². The second-order valence-electron chi connectivity index (χ2n) is 5.70. The molecule has 0 aliphatic heterocycles. The number of sulfonamides is 1. The smallest absolute Gasteiger partial charge is 0.261 e. The number of nitrogens with one attached hydrogen (secondary N) is 2. The molecule has 0 heterocycles. The summed E-state index contributed by atoms with van der Waals surface area (Å²) in [7, 11) is -4.01. The molecule has 0 spiro atoms. The van der Waals surface area contributed by atoms with Crippen LogP contribution >= 0.6 is 0 Å². The van der Waals surface area contributed by atoms with Gasteiger partial charge in [-0.1, -0.05) is 30.3 Å². The minimum absolute atomic E-state index is 0.0656. The number of ether oxygens (including phenoxy) is 1. The van der Waals surface area contributed by atoms with Crippen molar-refractivity contribution in [2.24, 2.45) is 0 Å². The molecule has 0 radical (unpaired) electrons. The Morgan fingerprint density at radius 1 is 1.11 bits per heavy atom. The van der Waals surface area contributed by atoms with E-state index in [1.54, 1.807) is 30.3 Å². The molecule has 0 fully saturated rings. The molecule has 3 N–H and O–H groups in total. The molecule has 2 aromatic carbocycles. The van der Waals surface area contributed by atoms with E-state index in [4.69, 9.17) is 9.94 Å². The molecule has 0 saturated heterocycles. The Kier molecular flexibility index (Phi) is 7.71. The van der Waals surface area contributed by atoms with Crippen molar-refractivity contribution >= 4 is 15.9 Å². The first kappa shape index (κ1) is 20.8. The number of carbonyl (C=O) groups is 1. The van der Waals surface area contributed by atoms with Gasteiger partial charge in [0, 0.05) is 6.42 Å². The van der Waals surface area contributed by atoms with Gasteiger partial charge in [-0.15, -0.1) is 0 Å². The third-order valence-corrected chi connectivity index (χ3v) is 5.18. The Bertz CT molecular complexity index is 829. The van der Waals surface area contributed by atoms with E-state index in [0.717, 1.165) is 5.56 Å². The summed E-state index contributed by atoms with van der Waals surface area (Å²) in [6, 6.07) is 13.2. The van der Waals surface area contributed by atoms with Crippen molar-refractivity contribution < 1.29 is 27.5 Å². The molecule has 0 aromatic heterocycles. The molecule has 9 heteroatoms. The van der Waals surface area contributed by atoms with Gasteiger partial charge in [-0.2, -0.15) is 4.72 Å². The summed E-state index contributed by atoms with van der Waals surface area (Å²) in [4.78, 5) is 11.8. The van der Waals surface area contributed by atoms with Crippen LogP contribution in [0.15, 0.2) is 59.5 Å². The van der Waals surface area contributed by atoms with Crippen LogP contribution in [0, 0.1) is 0 Å². The van der Waals surface area contributed by atoms with Crippen LogP contribution in [0.3, 0.4) is 0 Å². The molecular weight excluding hydrogens is 375 g/mol. The molecular formula is C18H21FN2O5S. The number of hydrogen-bond acceptors (Lipinski definition) is 5. The fraction of sp³-hybridized carbons (Fsp3) is 0.278. The van der Waals surface area contributed by atoms with Gasteiger partial charge in [0.1, 0.15) is 11.8 Å². The van der Waals surface area contributed by atoms with Crippen molar-refractivity contribution in [1.29, 1.82) is 0 Å². The highest BCUT2D eigenvalue weighted by Crippen LogP contribution is 2.17. The van der Waals surface area contributed by atoms with Crippen molar-refractivity contribution in [3.8, 4) is 5.75 Å². The maximum atomic E-state index is 12.6. The van der Waals surface area contributed by atoms with Crippen molar-refractivity contribution in [3.05, 3.63) is 60.2 Å². The van der Waals surface area contributed by atoms with E-state index < -0.39 is 28.6 Å². The lowest BCUT2D eigenvalue weighted by atomic mass is 10.1. The number of hydrogen-bond donors (Lipinski definition) is 3. The molecule has 27 heavy (non-hydrogen) atoms. The summed E-state index contributed by atoms with van der Waals surface area (Å²) in [5.41, 5.74) is 2.21. The van der Waals surface area contributed by atoms with Gasteiger partial charge in [0.25, 0.3) is 5.91 Å². The third kappa shape index (κ3) is 6.31. The zero-order chi connectivity index (χ0) is 19.7. The quantitative estimate of drug-likeness (QED) is 0.323. The van der Waals surface area contributed by atoms with Crippen LogP contribution in [0.1, 0.15) is 12.0 Å². The first-order chi connectivity index (χ1) is 13.0. The van der Waals surface area contributed by atoms with Gasteiger partial charge in [0.05, 0.1) is 18.2 Å². The van der Waals surface area contributed by atoms with Crippen LogP contribution < -0.4 is 14.9 Å². The highest BCUT2D eigenvalue weighted by molar-refractivity contribution is 7.89. The summed E-state index contributed by atoms with van der Waals surface area (Å²) in [5, 5.41) is 8.91. The molecule has 0 unspecified atom stereocenters. The van der Waals surface area contributed by atoms with Crippen LogP contribution in [0.2, 0.25) is 0 Å². The van der Waals surface area contributed by atoms with Crippen LogP contribution in [0.4, 0.5) is 4.39 Å². The Hall–Kier alpha value is -2.49. The summed E-state index contributed by atoms with van der Waals surface area (Å²) in [5.74, 6) is -0.454. The number of halogens is 1. The summed E-state index contributed by atoms with van der Waals surface area (Å²) in [6.45, 7) is -0.303. The zero-order valence-electron chi connectivity index (χ0n) is 14.5. The predicted octanol–water partition coefficient (Wildman–Crippen LogP) is 1.82. The number of benzene rings is 2. The highest BCUT2D eigenvalue weighted by atomic mass is 32.2. The van der Waals surface area contributed by atoms with Crippen LogP contribution in [-0.4, -0.2) is 38.9 Å². The molecule has 7 nitrogen and oxygen atoms in total. The molecule has 0 bridgehead atoms. The van der Waals surface area contributed by atoms with Gasteiger partial charge in [0.2, 0.25) is 10.0 Å². The first-order valence-corrected chi connectivity index (χ1v) is 9.73. The SMILES string of the molecule is O=C(NO)[C@@H](Cc1ccccc1)NS(=O)(=O)c1ccc(OCCCF)cc1. The average molecular weight is 396 g/mol. The van der Waals surface area contributed by atoms with Gasteiger partial charge in [0.15, 0.2) is 0 Å². The lowest BCUT2D eigenvalue weighted by Crippen LogP contribution is -2.47. The molecule has 2 rings (SSSR count). The highest BCUT2D eigenvalue weighted by Gasteiger charge is 2.26. The molecule has 0 saturated carbocycles. The van der Waals surface area contributed by atoms with E-state index in [2.05, 4.69) is 4.72 Å². The monoisotopic (exact) mass is 396 g/mol. The maximum Gasteiger partial charge on any atom is 0.261 e. The Labute approximate surface area is 157 Å². The fourth-order valence-electron chi connectivity index (χ4n) is 2.33. The number of rotatable bonds is 10. The van der Waals surface area contributed by atoms with E-state index in [0.29, 0.717) is 5.75 Å². The van der Waals surface area contributed by atoms with Gasteiger partial charge < -0.3 is 4.74 Å². The standard InChI is InChI=1S/C18H21FN2O5S/c19-11-4-12-26-15-7-9-16(10-8-15)27(24,25)21-17(18(22)20-23)13-14-5-2-1-3-6-14/h1-3,5-10,17,21,23H,4,11-13H2,(H,20,22)/t17-/m1/s1. The first-order valence-electron chi connectivity index (χ1n) is 8.25. The third-order valence-electron chi connectivity index (χ3n) is 3.69. The average Bonchev–Trinajstić information content (AvgIpc) is 2.68. The van der Waals surface area contributed by atoms with Gasteiger partial charge in [-0.25, -0.2) is 13.9 Å². The van der Waals surface area contributed by atoms with Crippen molar-refractivity contribution in [3.63, 3.8) is 0 Å². The van der Waals surface area contributed by atoms with E-state index in [1.807, 2.05) is 0 Å². The Balaban J connectivity index is 2.11. The summed E-state index contributed by atoms with van der Waals surface area (Å²) in [6.07, 6.45) is 0.315. The Morgan fingerprint density at radius 2 is 1.78 bits per heavy atom. The van der Waals surface area contributed by atoms with Gasteiger partial charge in [-0.3, -0.25) is 14.4 Å². The minimum Gasteiger partial charge on any atom is -0.493 e. The van der Waals surface area contributed by atoms with E-state index in [-0.39, 0.29) is 24.3 Å². The zero-order valence-corrected chi connectivity index (χ0v) is 15.3. The topological polar surface area (TPSA) is 105 Å². The largest absolute Gasteiger partial charge is 0.493 e. The normalized spacial score (nSPS) is 12.4. The number of amides is 1. The van der Waals surface area contributed by atoms with Crippen LogP contribution in [0.5, 0.6) is 5.75 Å². The summed E-state index contributed by atoms with van der Waals surface area (Å²) < 4.78 is 44.8. The lowest BCUT2D eigenvalue weighted by Gasteiger charge is -2.17. The second-order valence-corrected chi connectivity index (χ2v) is 7.42. The summed E-state index contributed by atoms with van der Waals surface area (Å²) >= 11 is 0. The number of alkyl halides is 1. The number of carbonyl (C=O) groups excluding carboxylic acids is 1. The lowest BCUT2D eigenvalue weighted by molar-refractivity contribution is -0.130. The molecule has 0 aliphatic rings. The maximum absolute atomic E-state index is 12.6. The molecule has 146 valence electrons. The minimum atomic E-state index is -4.01. The molecule has 2 aromatic rings. The van der Waals surface area contributed by atoms with E-state index in [1.165, 1.54) is 29.7 Å². The number of hydroxylamine groups is 1.